The minimum atomic E-state index is -1.01. The van der Waals surface area contributed by atoms with E-state index >= 15 is 0 Å². The van der Waals surface area contributed by atoms with Crippen LogP contribution >= 0.6 is 0 Å². The first-order valence-corrected chi connectivity index (χ1v) is 5.78. The summed E-state index contributed by atoms with van der Waals surface area (Å²) in [5.41, 5.74) is 1.50. The number of ether oxygens (including phenoxy) is 1. The lowest BCUT2D eigenvalue weighted by Crippen LogP contribution is -2.48. The van der Waals surface area contributed by atoms with Crippen LogP contribution in [0.25, 0.3) is 0 Å². The summed E-state index contributed by atoms with van der Waals surface area (Å²) in [4.78, 5) is 17.1. The summed E-state index contributed by atoms with van der Waals surface area (Å²) >= 11 is 0. The first-order valence-electron chi connectivity index (χ1n) is 5.78. The number of hydrogen-bond donors (Lipinski definition) is 2. The molecule has 0 aliphatic carbocycles. The molecule has 1 aromatic rings. The fourth-order valence-electron chi connectivity index (χ4n) is 2.07. The average Bonchev–Trinajstić information content (AvgIpc) is 2.38. The lowest BCUT2D eigenvalue weighted by atomic mass is 10.1. The Bertz CT molecular complexity index is 450. The standard InChI is InChI=1S/C12H16N2O4/c1-8-4-11(10(5-13-8)12(16)17)14-2-3-18-7-9(14)6-15/h4-5,9,15H,2-3,6-7H2,1H3,(H,16,17). The van der Waals surface area contributed by atoms with E-state index in [0.29, 0.717) is 25.4 Å². The lowest BCUT2D eigenvalue weighted by Gasteiger charge is -2.37. The third-order valence-electron chi connectivity index (χ3n) is 3.00. The second kappa shape index (κ2) is 5.32. The van der Waals surface area contributed by atoms with Crippen molar-refractivity contribution in [3.8, 4) is 0 Å². The van der Waals surface area contributed by atoms with Gasteiger partial charge in [-0.25, -0.2) is 4.79 Å². The molecule has 6 nitrogen and oxygen atoms in total. The number of carbonyl (C=O) groups is 1. The molecule has 0 amide bonds. The highest BCUT2D eigenvalue weighted by molar-refractivity contribution is 5.94. The smallest absolute Gasteiger partial charge is 0.339 e. The molecule has 0 radical (unpaired) electrons. The largest absolute Gasteiger partial charge is 0.478 e. The SMILES string of the molecule is Cc1cc(N2CCOCC2CO)c(C(=O)O)cn1. The predicted octanol–water partition coefficient (Wildman–Crippen LogP) is 0.286. The number of carboxylic acids is 1. The van der Waals surface area contributed by atoms with Crippen LogP contribution in [0.5, 0.6) is 0 Å². The van der Waals surface area contributed by atoms with Crippen LogP contribution in [0.1, 0.15) is 16.1 Å². The number of hydrogen-bond acceptors (Lipinski definition) is 5. The normalized spacial score (nSPS) is 19.9. The van der Waals surface area contributed by atoms with Gasteiger partial charge in [-0.05, 0) is 13.0 Å². The molecule has 18 heavy (non-hydrogen) atoms. The van der Waals surface area contributed by atoms with Crippen LogP contribution in [-0.4, -0.2) is 53.6 Å². The molecule has 98 valence electrons. The van der Waals surface area contributed by atoms with Crippen molar-refractivity contribution in [2.45, 2.75) is 13.0 Å². The summed E-state index contributed by atoms with van der Waals surface area (Å²) in [6.45, 7) is 3.23. The maximum atomic E-state index is 11.2. The van der Waals surface area contributed by atoms with Crippen LogP contribution in [0.15, 0.2) is 12.3 Å². The summed E-state index contributed by atoms with van der Waals surface area (Å²) in [5, 5.41) is 18.5. The van der Waals surface area contributed by atoms with Crippen LogP contribution in [0.4, 0.5) is 5.69 Å². The van der Waals surface area contributed by atoms with E-state index in [0.717, 1.165) is 5.69 Å². The molecule has 0 bridgehead atoms. The van der Waals surface area contributed by atoms with E-state index in [1.54, 1.807) is 6.07 Å². The fraction of sp³-hybridized carbons (Fsp3) is 0.500. The highest BCUT2D eigenvalue weighted by Crippen LogP contribution is 2.24. The number of nitrogens with zero attached hydrogens (tertiary/aromatic N) is 2. The maximum absolute atomic E-state index is 11.2. The number of pyridine rings is 1. The predicted molar refractivity (Wildman–Crippen MR) is 65.0 cm³/mol. The first kappa shape index (κ1) is 12.8. The number of morpholine rings is 1. The molecule has 1 aliphatic rings. The molecule has 1 aromatic heterocycles. The van der Waals surface area contributed by atoms with Crippen molar-refractivity contribution >= 4 is 11.7 Å². The summed E-state index contributed by atoms with van der Waals surface area (Å²) in [5.74, 6) is -1.01. The second-order valence-electron chi connectivity index (χ2n) is 4.25. The van der Waals surface area contributed by atoms with Crippen LogP contribution < -0.4 is 4.90 Å². The van der Waals surface area contributed by atoms with Gasteiger partial charge in [-0.2, -0.15) is 0 Å². The van der Waals surface area contributed by atoms with Crippen molar-refractivity contribution in [1.82, 2.24) is 4.98 Å². The van der Waals surface area contributed by atoms with E-state index in [1.165, 1.54) is 6.20 Å². The van der Waals surface area contributed by atoms with E-state index in [1.807, 2.05) is 11.8 Å². The van der Waals surface area contributed by atoms with E-state index in [2.05, 4.69) is 4.98 Å². The van der Waals surface area contributed by atoms with Crippen LogP contribution in [0.3, 0.4) is 0 Å². The van der Waals surface area contributed by atoms with E-state index < -0.39 is 5.97 Å². The van der Waals surface area contributed by atoms with Gasteiger partial charge in [0.25, 0.3) is 0 Å². The number of anilines is 1. The highest BCUT2D eigenvalue weighted by atomic mass is 16.5. The summed E-state index contributed by atoms with van der Waals surface area (Å²) < 4.78 is 5.29. The first-order chi connectivity index (χ1) is 8.63. The molecular formula is C12H16N2O4. The molecule has 6 heteroatoms. The molecule has 0 spiro atoms. The van der Waals surface area contributed by atoms with Crippen LogP contribution in [-0.2, 0) is 4.74 Å². The zero-order valence-electron chi connectivity index (χ0n) is 10.2. The molecule has 1 unspecified atom stereocenters. The van der Waals surface area contributed by atoms with Gasteiger partial charge in [0.2, 0.25) is 0 Å². The Morgan fingerprint density at radius 3 is 3.11 bits per heavy atom. The molecular weight excluding hydrogens is 236 g/mol. The van der Waals surface area contributed by atoms with Crippen molar-refractivity contribution < 1.29 is 19.7 Å². The van der Waals surface area contributed by atoms with Gasteiger partial charge in [-0.3, -0.25) is 4.98 Å². The quantitative estimate of drug-likeness (QED) is 0.804. The number of aliphatic hydroxyl groups excluding tert-OH is 1. The van der Waals surface area contributed by atoms with Crippen molar-refractivity contribution in [3.05, 3.63) is 23.5 Å². The summed E-state index contributed by atoms with van der Waals surface area (Å²) in [6.07, 6.45) is 1.36. The number of rotatable bonds is 3. The molecule has 2 rings (SSSR count). The van der Waals surface area contributed by atoms with Gasteiger partial charge >= 0.3 is 5.97 Å². The third kappa shape index (κ3) is 2.44. The Balaban J connectivity index is 2.41. The van der Waals surface area contributed by atoms with Gasteiger partial charge in [0.1, 0.15) is 5.56 Å². The van der Waals surface area contributed by atoms with Gasteiger partial charge in [0.05, 0.1) is 31.5 Å². The van der Waals surface area contributed by atoms with Crippen molar-refractivity contribution in [3.63, 3.8) is 0 Å². The van der Waals surface area contributed by atoms with Crippen molar-refractivity contribution in [2.75, 3.05) is 31.3 Å². The summed E-state index contributed by atoms with van der Waals surface area (Å²) in [6, 6.07) is 1.52. The minimum absolute atomic E-state index is 0.0690. The Hall–Kier alpha value is -1.66. The fourth-order valence-corrected chi connectivity index (χ4v) is 2.07. The molecule has 1 aliphatic heterocycles. The number of aromatic carboxylic acids is 1. The number of aliphatic hydroxyl groups is 1. The van der Waals surface area contributed by atoms with E-state index in [-0.39, 0.29) is 18.2 Å². The maximum Gasteiger partial charge on any atom is 0.339 e. The summed E-state index contributed by atoms with van der Waals surface area (Å²) in [7, 11) is 0. The molecule has 2 N–H and O–H groups in total. The number of aryl methyl sites for hydroxylation is 1. The number of aromatic nitrogens is 1. The molecule has 0 saturated carbocycles. The van der Waals surface area contributed by atoms with Gasteiger partial charge in [-0.1, -0.05) is 0 Å². The molecule has 1 atom stereocenters. The highest BCUT2D eigenvalue weighted by Gasteiger charge is 2.26. The lowest BCUT2D eigenvalue weighted by molar-refractivity contribution is 0.0676. The zero-order valence-corrected chi connectivity index (χ0v) is 10.2. The topological polar surface area (TPSA) is 82.9 Å². The Morgan fingerprint density at radius 1 is 1.67 bits per heavy atom. The van der Waals surface area contributed by atoms with Crippen LogP contribution in [0, 0.1) is 6.92 Å². The van der Waals surface area contributed by atoms with Gasteiger partial charge in [-0.15, -0.1) is 0 Å². The monoisotopic (exact) mass is 252 g/mol. The van der Waals surface area contributed by atoms with Crippen molar-refractivity contribution in [2.24, 2.45) is 0 Å². The number of carboxylic acid groups (broad SMARTS) is 1. The Kier molecular flexibility index (Phi) is 3.78. The van der Waals surface area contributed by atoms with Gasteiger partial charge < -0.3 is 19.8 Å². The molecule has 0 aromatic carbocycles. The average molecular weight is 252 g/mol. The third-order valence-corrected chi connectivity index (χ3v) is 3.00. The zero-order chi connectivity index (χ0) is 13.1. The minimum Gasteiger partial charge on any atom is -0.478 e. The molecule has 2 heterocycles. The molecule has 1 saturated heterocycles. The molecule has 1 fully saturated rings. The van der Waals surface area contributed by atoms with Gasteiger partial charge in [0, 0.05) is 18.4 Å². The van der Waals surface area contributed by atoms with E-state index in [4.69, 9.17) is 4.74 Å². The Labute approximate surface area is 105 Å². The van der Waals surface area contributed by atoms with Crippen LogP contribution in [0.2, 0.25) is 0 Å². The van der Waals surface area contributed by atoms with Crippen molar-refractivity contribution in [1.29, 1.82) is 0 Å². The van der Waals surface area contributed by atoms with E-state index in [9.17, 15) is 15.0 Å². The second-order valence-corrected chi connectivity index (χ2v) is 4.25. The van der Waals surface area contributed by atoms with Gasteiger partial charge in [0.15, 0.2) is 0 Å². The Morgan fingerprint density at radius 2 is 2.44 bits per heavy atom.